The molecule has 1 aromatic carbocycles. The van der Waals surface area contributed by atoms with E-state index in [1.54, 1.807) is 43.8 Å². The molecule has 3 aromatic rings. The van der Waals surface area contributed by atoms with Gasteiger partial charge in [-0.2, -0.15) is 0 Å². The Morgan fingerprint density at radius 2 is 1.74 bits per heavy atom. The predicted octanol–water partition coefficient (Wildman–Crippen LogP) is 1.36. The molecule has 164 valence electrons. The smallest absolute Gasteiger partial charge is 0.326 e. The topological polar surface area (TPSA) is 120 Å². The lowest BCUT2D eigenvalue weighted by Crippen LogP contribution is -2.37. The van der Waals surface area contributed by atoms with E-state index >= 15 is 0 Å². The molecule has 0 aliphatic carbocycles. The van der Waals surface area contributed by atoms with Crippen molar-refractivity contribution in [1.82, 2.24) is 18.7 Å². The minimum Gasteiger partial charge on any atom is -0.326 e. The number of carbonyl (C=O) groups excluding carboxylic acids is 2. The lowest BCUT2D eigenvalue weighted by atomic mass is 10.1. The molecule has 0 saturated carbocycles. The van der Waals surface area contributed by atoms with Gasteiger partial charge in [0.15, 0.2) is 16.3 Å². The third-order valence-electron chi connectivity index (χ3n) is 4.87. The average Bonchev–Trinajstić information content (AvgIpc) is 3.07. The fourth-order valence-corrected chi connectivity index (χ4v) is 3.84. The van der Waals surface area contributed by atoms with Crippen molar-refractivity contribution in [2.24, 2.45) is 21.1 Å². The third-order valence-corrected chi connectivity index (χ3v) is 5.90. The van der Waals surface area contributed by atoms with E-state index in [9.17, 15) is 19.2 Å². The van der Waals surface area contributed by atoms with Crippen molar-refractivity contribution in [3.05, 3.63) is 44.6 Å². The van der Waals surface area contributed by atoms with Crippen LogP contribution in [0.5, 0.6) is 0 Å². The van der Waals surface area contributed by atoms with E-state index in [0.29, 0.717) is 28.5 Å². The third kappa shape index (κ3) is 4.41. The van der Waals surface area contributed by atoms with Crippen molar-refractivity contribution in [2.75, 3.05) is 16.4 Å². The lowest BCUT2D eigenvalue weighted by Gasteiger charge is -2.10. The summed E-state index contributed by atoms with van der Waals surface area (Å²) in [6.45, 7) is 3.62. The number of amides is 2. The van der Waals surface area contributed by atoms with Gasteiger partial charge in [0.05, 0.1) is 5.75 Å². The number of aryl methyl sites for hydroxylation is 3. The Morgan fingerprint density at radius 3 is 2.39 bits per heavy atom. The second-order valence-corrected chi connectivity index (χ2v) is 8.04. The number of anilines is 2. The van der Waals surface area contributed by atoms with Crippen molar-refractivity contribution in [1.29, 1.82) is 0 Å². The summed E-state index contributed by atoms with van der Waals surface area (Å²) >= 11 is 1.17. The van der Waals surface area contributed by atoms with Gasteiger partial charge < -0.3 is 15.2 Å². The Morgan fingerprint density at radius 1 is 1.03 bits per heavy atom. The van der Waals surface area contributed by atoms with Crippen LogP contribution in [0.4, 0.5) is 11.4 Å². The average molecular weight is 445 g/mol. The maximum absolute atomic E-state index is 12.4. The Balaban J connectivity index is 1.73. The van der Waals surface area contributed by atoms with Crippen molar-refractivity contribution in [3.63, 3.8) is 0 Å². The fraction of sp³-hybridized carbons (Fsp3) is 0.350. The van der Waals surface area contributed by atoms with Crippen LogP contribution in [0.3, 0.4) is 0 Å². The van der Waals surface area contributed by atoms with Gasteiger partial charge in [0, 0.05) is 38.9 Å². The minimum atomic E-state index is -0.459. The lowest BCUT2D eigenvalue weighted by molar-refractivity contribution is -0.116. The molecule has 31 heavy (non-hydrogen) atoms. The van der Waals surface area contributed by atoms with Gasteiger partial charge >= 0.3 is 5.69 Å². The fourth-order valence-electron chi connectivity index (χ4n) is 3.08. The van der Waals surface area contributed by atoms with Crippen LogP contribution in [-0.2, 0) is 30.7 Å². The van der Waals surface area contributed by atoms with E-state index in [4.69, 9.17) is 0 Å². The maximum Gasteiger partial charge on any atom is 0.332 e. The molecule has 2 N–H and O–H groups in total. The summed E-state index contributed by atoms with van der Waals surface area (Å²) in [6.07, 6.45) is 0.387. The largest absolute Gasteiger partial charge is 0.332 e. The summed E-state index contributed by atoms with van der Waals surface area (Å²) in [5, 5.41) is 6.07. The van der Waals surface area contributed by atoms with Crippen LogP contribution in [0.25, 0.3) is 11.2 Å². The molecule has 2 aromatic heterocycles. The Hall–Kier alpha value is -3.34. The Labute approximate surface area is 182 Å². The van der Waals surface area contributed by atoms with E-state index < -0.39 is 11.2 Å². The molecule has 0 fully saturated rings. The molecule has 0 radical (unpaired) electrons. The standard InChI is InChI=1S/C20H24N6O4S/c1-6-14(27)22-13-8-7-12(9-11(13)2)21-15(28)10-31-19-23-17-16(24(19)3)18(29)26(5)20(30)25(17)4/h7-9H,6,10H2,1-5H3,(H,21,28)(H,22,27). The number of hydrogen-bond acceptors (Lipinski definition) is 6. The summed E-state index contributed by atoms with van der Waals surface area (Å²) in [6, 6.07) is 5.24. The van der Waals surface area contributed by atoms with Crippen molar-refractivity contribution in [3.8, 4) is 0 Å². The van der Waals surface area contributed by atoms with Crippen LogP contribution in [0.15, 0.2) is 32.9 Å². The number of nitrogens with one attached hydrogen (secondary N) is 2. The molecule has 0 unspecified atom stereocenters. The normalized spacial score (nSPS) is 11.0. The zero-order chi connectivity index (χ0) is 22.9. The molecule has 0 aliphatic rings. The van der Waals surface area contributed by atoms with Gasteiger partial charge in [0.1, 0.15) is 0 Å². The summed E-state index contributed by atoms with van der Waals surface area (Å²) in [7, 11) is 4.64. The molecule has 11 heteroatoms. The summed E-state index contributed by atoms with van der Waals surface area (Å²) in [5.74, 6) is -0.256. The molecular formula is C20H24N6O4S. The predicted molar refractivity (Wildman–Crippen MR) is 121 cm³/mol. The van der Waals surface area contributed by atoms with Crippen LogP contribution in [0.1, 0.15) is 18.9 Å². The molecule has 10 nitrogen and oxygen atoms in total. The highest BCUT2D eigenvalue weighted by molar-refractivity contribution is 7.99. The number of hydrogen-bond donors (Lipinski definition) is 2. The van der Waals surface area contributed by atoms with Crippen LogP contribution >= 0.6 is 11.8 Å². The highest BCUT2D eigenvalue weighted by atomic mass is 32.2. The van der Waals surface area contributed by atoms with E-state index in [-0.39, 0.29) is 23.2 Å². The summed E-state index contributed by atoms with van der Waals surface area (Å²) < 4.78 is 3.92. The number of fused-ring (bicyclic) bond motifs is 1. The quantitative estimate of drug-likeness (QED) is 0.554. The summed E-state index contributed by atoms with van der Waals surface area (Å²) in [5.41, 5.74) is 1.82. The van der Waals surface area contributed by atoms with Crippen molar-refractivity contribution >= 4 is 46.1 Å². The first-order valence-corrected chi connectivity index (χ1v) is 10.6. The second-order valence-electron chi connectivity index (χ2n) is 7.10. The zero-order valence-corrected chi connectivity index (χ0v) is 18.8. The highest BCUT2D eigenvalue weighted by Gasteiger charge is 2.18. The first kappa shape index (κ1) is 22.3. The van der Waals surface area contributed by atoms with E-state index in [1.165, 1.54) is 23.4 Å². The number of imidazole rings is 1. The molecule has 0 atom stereocenters. The monoisotopic (exact) mass is 444 g/mol. The summed E-state index contributed by atoms with van der Waals surface area (Å²) in [4.78, 5) is 52.9. The van der Waals surface area contributed by atoms with Gasteiger partial charge in [0.2, 0.25) is 11.8 Å². The number of carbonyl (C=O) groups is 2. The van der Waals surface area contributed by atoms with Gasteiger partial charge in [-0.25, -0.2) is 9.78 Å². The van der Waals surface area contributed by atoms with Gasteiger partial charge in [-0.1, -0.05) is 18.7 Å². The van der Waals surface area contributed by atoms with E-state index in [0.717, 1.165) is 10.1 Å². The van der Waals surface area contributed by atoms with Gasteiger partial charge in [-0.05, 0) is 30.7 Å². The zero-order valence-electron chi connectivity index (χ0n) is 18.0. The Bertz CT molecular complexity index is 1300. The number of benzene rings is 1. The first-order chi connectivity index (χ1) is 14.6. The van der Waals surface area contributed by atoms with Gasteiger partial charge in [0.25, 0.3) is 5.56 Å². The van der Waals surface area contributed by atoms with Crippen LogP contribution in [-0.4, -0.2) is 36.3 Å². The van der Waals surface area contributed by atoms with Crippen molar-refractivity contribution < 1.29 is 9.59 Å². The second kappa shape index (κ2) is 8.80. The van der Waals surface area contributed by atoms with Gasteiger partial charge in [-0.3, -0.25) is 23.5 Å². The number of thioether (sulfide) groups is 1. The molecule has 2 heterocycles. The van der Waals surface area contributed by atoms with Crippen molar-refractivity contribution in [2.45, 2.75) is 25.4 Å². The van der Waals surface area contributed by atoms with E-state index in [2.05, 4.69) is 15.6 Å². The number of rotatable bonds is 6. The molecule has 0 aliphatic heterocycles. The number of aromatic nitrogens is 4. The minimum absolute atomic E-state index is 0.0682. The molecule has 2 amide bonds. The SMILES string of the molecule is CCC(=O)Nc1ccc(NC(=O)CSc2nc3c(c(=O)n(C)c(=O)n3C)n2C)cc1C. The molecule has 0 bridgehead atoms. The number of nitrogens with zero attached hydrogens (tertiary/aromatic N) is 4. The van der Waals surface area contributed by atoms with E-state index in [1.807, 2.05) is 6.92 Å². The van der Waals surface area contributed by atoms with Crippen LogP contribution in [0.2, 0.25) is 0 Å². The highest BCUT2D eigenvalue weighted by Crippen LogP contribution is 2.22. The molecule has 3 rings (SSSR count). The molecule has 0 saturated heterocycles. The first-order valence-electron chi connectivity index (χ1n) is 9.59. The van der Waals surface area contributed by atoms with Crippen LogP contribution in [0, 0.1) is 6.92 Å². The van der Waals surface area contributed by atoms with Crippen LogP contribution < -0.4 is 21.9 Å². The molecule has 0 spiro atoms. The molecular weight excluding hydrogens is 420 g/mol. The van der Waals surface area contributed by atoms with Gasteiger partial charge in [-0.15, -0.1) is 0 Å². The Kier molecular flexibility index (Phi) is 6.34. The maximum atomic E-state index is 12.4.